The summed E-state index contributed by atoms with van der Waals surface area (Å²) in [6.45, 7) is 3.99. The number of benzene rings is 2. The smallest absolute Gasteiger partial charge is 0.161 e. The average molecular weight is 360 g/mol. The van der Waals surface area contributed by atoms with Crippen molar-refractivity contribution in [3.8, 4) is 11.5 Å². The largest absolute Gasteiger partial charge is 0.490 e. The molecule has 25 heavy (non-hydrogen) atoms. The summed E-state index contributed by atoms with van der Waals surface area (Å²) in [4.78, 5) is 0. The molecule has 0 amide bonds. The first-order valence-electron chi connectivity index (χ1n) is 9.11. The van der Waals surface area contributed by atoms with Crippen LogP contribution in [-0.2, 0) is 13.2 Å². The zero-order valence-electron chi connectivity index (χ0n) is 14.8. The molecule has 4 heteroatoms. The van der Waals surface area contributed by atoms with Crippen molar-refractivity contribution in [1.29, 1.82) is 0 Å². The molecular weight excluding hydrogens is 334 g/mol. The van der Waals surface area contributed by atoms with Crippen molar-refractivity contribution in [2.75, 3.05) is 6.61 Å². The van der Waals surface area contributed by atoms with Gasteiger partial charge in [-0.1, -0.05) is 42.6 Å². The molecule has 1 N–H and O–H groups in total. The number of hydrogen-bond acceptors (Lipinski definition) is 3. The molecule has 0 saturated heterocycles. The molecule has 2 aromatic carbocycles. The molecule has 1 aliphatic carbocycles. The molecule has 0 radical (unpaired) electrons. The van der Waals surface area contributed by atoms with E-state index in [1.807, 2.05) is 37.3 Å². The van der Waals surface area contributed by atoms with Crippen LogP contribution in [0.3, 0.4) is 0 Å². The Bertz CT molecular complexity index is 666. The van der Waals surface area contributed by atoms with Crippen LogP contribution in [0.15, 0.2) is 42.5 Å². The van der Waals surface area contributed by atoms with Gasteiger partial charge in [0.05, 0.1) is 6.61 Å². The summed E-state index contributed by atoms with van der Waals surface area (Å²) in [6, 6.07) is 14.6. The van der Waals surface area contributed by atoms with E-state index in [1.54, 1.807) is 0 Å². The number of ether oxygens (including phenoxy) is 2. The summed E-state index contributed by atoms with van der Waals surface area (Å²) in [5.41, 5.74) is 2.31. The summed E-state index contributed by atoms with van der Waals surface area (Å²) in [5, 5.41) is 4.38. The van der Waals surface area contributed by atoms with Gasteiger partial charge in [-0.2, -0.15) is 0 Å². The third-order valence-electron chi connectivity index (χ3n) is 4.57. The first-order valence-corrected chi connectivity index (χ1v) is 9.48. The van der Waals surface area contributed by atoms with Crippen LogP contribution in [0.5, 0.6) is 11.5 Å². The van der Waals surface area contributed by atoms with Crippen LogP contribution in [0, 0.1) is 0 Å². The highest BCUT2D eigenvalue weighted by atomic mass is 35.5. The molecule has 1 saturated carbocycles. The topological polar surface area (TPSA) is 30.5 Å². The highest BCUT2D eigenvalue weighted by molar-refractivity contribution is 6.30. The van der Waals surface area contributed by atoms with E-state index in [-0.39, 0.29) is 0 Å². The quantitative estimate of drug-likeness (QED) is 0.689. The average Bonchev–Trinajstić information content (AvgIpc) is 3.14. The normalized spacial score (nSPS) is 14.6. The molecule has 0 unspecified atom stereocenters. The van der Waals surface area contributed by atoms with E-state index in [0.717, 1.165) is 28.6 Å². The van der Waals surface area contributed by atoms with Gasteiger partial charge in [0.15, 0.2) is 11.5 Å². The van der Waals surface area contributed by atoms with Crippen molar-refractivity contribution in [1.82, 2.24) is 5.32 Å². The molecule has 134 valence electrons. The minimum atomic E-state index is 0.497. The fourth-order valence-electron chi connectivity index (χ4n) is 3.18. The third-order valence-corrected chi connectivity index (χ3v) is 4.82. The summed E-state index contributed by atoms with van der Waals surface area (Å²) in [6.07, 6.45) is 5.28. The lowest BCUT2D eigenvalue weighted by Crippen LogP contribution is -2.25. The molecule has 3 rings (SSSR count). The molecule has 3 nitrogen and oxygen atoms in total. The van der Waals surface area contributed by atoms with E-state index < -0.39 is 0 Å². The Balaban J connectivity index is 1.62. The molecule has 2 aromatic rings. The lowest BCUT2D eigenvalue weighted by Gasteiger charge is -2.15. The van der Waals surface area contributed by atoms with Crippen LogP contribution in [0.4, 0.5) is 0 Å². The van der Waals surface area contributed by atoms with Crippen molar-refractivity contribution in [2.24, 2.45) is 0 Å². The number of halogens is 1. The Morgan fingerprint density at radius 2 is 1.68 bits per heavy atom. The zero-order chi connectivity index (χ0) is 17.5. The summed E-state index contributed by atoms with van der Waals surface area (Å²) in [5.74, 6) is 1.59. The van der Waals surface area contributed by atoms with Gasteiger partial charge in [-0.3, -0.25) is 0 Å². The van der Waals surface area contributed by atoms with E-state index in [2.05, 4.69) is 17.4 Å². The Labute approximate surface area is 155 Å². The van der Waals surface area contributed by atoms with Crippen LogP contribution < -0.4 is 14.8 Å². The fourth-order valence-corrected chi connectivity index (χ4v) is 3.31. The van der Waals surface area contributed by atoms with Crippen molar-refractivity contribution < 1.29 is 9.47 Å². The van der Waals surface area contributed by atoms with Crippen LogP contribution in [0.2, 0.25) is 5.02 Å². The van der Waals surface area contributed by atoms with Gasteiger partial charge in [0.1, 0.15) is 6.61 Å². The molecule has 0 atom stereocenters. The Hall–Kier alpha value is -1.71. The van der Waals surface area contributed by atoms with Crippen LogP contribution in [0.1, 0.15) is 43.7 Å². The van der Waals surface area contributed by atoms with E-state index in [1.165, 1.54) is 31.2 Å². The summed E-state index contributed by atoms with van der Waals surface area (Å²) >= 11 is 5.92. The molecule has 0 aliphatic heterocycles. The number of rotatable bonds is 8. The highest BCUT2D eigenvalue weighted by Crippen LogP contribution is 2.30. The van der Waals surface area contributed by atoms with Gasteiger partial charge < -0.3 is 14.8 Å². The second-order valence-electron chi connectivity index (χ2n) is 6.49. The van der Waals surface area contributed by atoms with E-state index >= 15 is 0 Å². The zero-order valence-corrected chi connectivity index (χ0v) is 15.5. The predicted molar refractivity (Wildman–Crippen MR) is 102 cm³/mol. The van der Waals surface area contributed by atoms with E-state index in [4.69, 9.17) is 21.1 Å². The third kappa shape index (κ3) is 5.38. The van der Waals surface area contributed by atoms with Crippen LogP contribution in [0.25, 0.3) is 0 Å². The van der Waals surface area contributed by atoms with Crippen LogP contribution in [-0.4, -0.2) is 12.6 Å². The fraction of sp³-hybridized carbons (Fsp3) is 0.429. The molecule has 0 bridgehead atoms. The molecular formula is C21H26ClNO2. The predicted octanol–water partition coefficient (Wildman–Crippen LogP) is 5.35. The van der Waals surface area contributed by atoms with Gasteiger partial charge in [0.2, 0.25) is 0 Å². The van der Waals surface area contributed by atoms with Crippen molar-refractivity contribution in [2.45, 2.75) is 51.8 Å². The summed E-state index contributed by atoms with van der Waals surface area (Å²) in [7, 11) is 0. The first kappa shape index (κ1) is 18.1. The second-order valence-corrected chi connectivity index (χ2v) is 6.93. The molecule has 0 aromatic heterocycles. The lowest BCUT2D eigenvalue weighted by molar-refractivity contribution is 0.269. The van der Waals surface area contributed by atoms with Gasteiger partial charge >= 0.3 is 0 Å². The highest BCUT2D eigenvalue weighted by Gasteiger charge is 2.14. The molecule has 0 spiro atoms. The van der Waals surface area contributed by atoms with Crippen molar-refractivity contribution in [3.05, 3.63) is 58.6 Å². The van der Waals surface area contributed by atoms with Gasteiger partial charge in [0.25, 0.3) is 0 Å². The monoisotopic (exact) mass is 359 g/mol. The minimum absolute atomic E-state index is 0.497. The van der Waals surface area contributed by atoms with Gasteiger partial charge in [-0.25, -0.2) is 0 Å². The Morgan fingerprint density at radius 3 is 2.40 bits per heavy atom. The molecule has 1 fully saturated rings. The lowest BCUT2D eigenvalue weighted by atomic mass is 10.1. The van der Waals surface area contributed by atoms with Gasteiger partial charge in [-0.15, -0.1) is 0 Å². The maximum atomic E-state index is 5.96. The van der Waals surface area contributed by atoms with Gasteiger partial charge in [0, 0.05) is 17.6 Å². The molecule has 1 aliphatic rings. The molecule has 0 heterocycles. The first-order chi connectivity index (χ1) is 12.2. The van der Waals surface area contributed by atoms with E-state index in [9.17, 15) is 0 Å². The maximum Gasteiger partial charge on any atom is 0.161 e. The summed E-state index contributed by atoms with van der Waals surface area (Å²) < 4.78 is 11.7. The van der Waals surface area contributed by atoms with E-state index in [0.29, 0.717) is 19.3 Å². The van der Waals surface area contributed by atoms with Crippen molar-refractivity contribution in [3.63, 3.8) is 0 Å². The minimum Gasteiger partial charge on any atom is -0.490 e. The number of nitrogens with one attached hydrogen (secondary N) is 1. The second kappa shape index (κ2) is 9.12. The maximum absolute atomic E-state index is 5.96. The Kier molecular flexibility index (Phi) is 6.60. The van der Waals surface area contributed by atoms with Crippen LogP contribution >= 0.6 is 11.6 Å². The number of hydrogen-bond donors (Lipinski definition) is 1. The van der Waals surface area contributed by atoms with Gasteiger partial charge in [-0.05, 0) is 55.2 Å². The SMILES string of the molecule is CCOc1cc(CNC2CCCC2)ccc1OCc1ccc(Cl)cc1. The Morgan fingerprint density at radius 1 is 0.960 bits per heavy atom. The van der Waals surface area contributed by atoms with Crippen molar-refractivity contribution >= 4 is 11.6 Å². The standard InChI is InChI=1S/C21H26ClNO2/c1-2-24-21-13-17(14-23-19-5-3-4-6-19)9-12-20(21)25-15-16-7-10-18(22)11-8-16/h7-13,19,23H,2-6,14-15H2,1H3.